The Morgan fingerprint density at radius 1 is 1.13 bits per heavy atom. The SMILES string of the molecule is COc1cccc(S(=O)(=O)Nc2ccc(Cl)c(C(F)(F)F)c2)c1. The molecule has 0 fully saturated rings. The molecule has 4 nitrogen and oxygen atoms in total. The van der Waals surface area contributed by atoms with Crippen LogP contribution in [0.15, 0.2) is 47.4 Å². The van der Waals surface area contributed by atoms with Gasteiger partial charge in [0.25, 0.3) is 10.0 Å². The molecule has 2 rings (SSSR count). The molecule has 0 aliphatic heterocycles. The molecular formula is C14H11ClF3NO3S. The van der Waals surface area contributed by atoms with Crippen LogP contribution < -0.4 is 9.46 Å². The zero-order valence-corrected chi connectivity index (χ0v) is 13.3. The summed E-state index contributed by atoms with van der Waals surface area (Å²) >= 11 is 5.49. The molecule has 9 heteroatoms. The molecule has 0 spiro atoms. The third-order valence-corrected chi connectivity index (χ3v) is 4.58. The Morgan fingerprint density at radius 3 is 2.43 bits per heavy atom. The largest absolute Gasteiger partial charge is 0.497 e. The Hall–Kier alpha value is -1.93. The molecule has 23 heavy (non-hydrogen) atoms. The lowest BCUT2D eigenvalue weighted by Gasteiger charge is -2.13. The molecule has 2 aromatic rings. The lowest BCUT2D eigenvalue weighted by atomic mass is 10.2. The molecule has 0 atom stereocenters. The predicted octanol–water partition coefficient (Wildman–Crippen LogP) is 4.17. The third-order valence-electron chi connectivity index (χ3n) is 2.88. The molecule has 0 unspecified atom stereocenters. The van der Waals surface area contributed by atoms with Crippen molar-refractivity contribution in [1.29, 1.82) is 0 Å². The Kier molecular flexibility index (Phi) is 4.76. The van der Waals surface area contributed by atoms with E-state index in [-0.39, 0.29) is 10.6 Å². The molecule has 124 valence electrons. The first-order chi connectivity index (χ1) is 10.6. The zero-order valence-electron chi connectivity index (χ0n) is 11.7. The average Bonchev–Trinajstić information content (AvgIpc) is 2.48. The van der Waals surface area contributed by atoms with Crippen molar-refractivity contribution in [2.75, 3.05) is 11.8 Å². The van der Waals surface area contributed by atoms with E-state index in [4.69, 9.17) is 16.3 Å². The molecule has 2 aromatic carbocycles. The van der Waals surface area contributed by atoms with Gasteiger partial charge in [-0.2, -0.15) is 13.2 Å². The van der Waals surface area contributed by atoms with Gasteiger partial charge in [0.05, 0.1) is 22.6 Å². The molecule has 0 bridgehead atoms. The minimum absolute atomic E-state index is 0.139. The number of methoxy groups -OCH3 is 1. The number of ether oxygens (including phenoxy) is 1. The topological polar surface area (TPSA) is 55.4 Å². The first-order valence-corrected chi connectivity index (χ1v) is 8.03. The van der Waals surface area contributed by atoms with Crippen molar-refractivity contribution in [1.82, 2.24) is 0 Å². The second kappa shape index (κ2) is 6.29. The van der Waals surface area contributed by atoms with Crippen LogP contribution in [0.25, 0.3) is 0 Å². The number of nitrogens with one attached hydrogen (secondary N) is 1. The predicted molar refractivity (Wildman–Crippen MR) is 80.3 cm³/mol. The first kappa shape index (κ1) is 17.4. The summed E-state index contributed by atoms with van der Waals surface area (Å²) in [6, 6.07) is 8.32. The van der Waals surface area contributed by atoms with Gasteiger partial charge in [-0.05, 0) is 30.3 Å². The van der Waals surface area contributed by atoms with Crippen LogP contribution >= 0.6 is 11.6 Å². The van der Waals surface area contributed by atoms with Gasteiger partial charge in [0.15, 0.2) is 0 Å². The Balaban J connectivity index is 2.38. The summed E-state index contributed by atoms with van der Waals surface area (Å²) < 4.78 is 69.9. The molecule has 0 aliphatic carbocycles. The molecule has 0 heterocycles. The van der Waals surface area contributed by atoms with E-state index >= 15 is 0 Å². The second-order valence-corrected chi connectivity index (χ2v) is 6.57. The number of hydrogen-bond donors (Lipinski definition) is 1. The number of halogens is 4. The molecule has 0 saturated heterocycles. The monoisotopic (exact) mass is 365 g/mol. The van der Waals surface area contributed by atoms with Gasteiger partial charge < -0.3 is 4.74 Å². The van der Waals surface area contributed by atoms with Gasteiger partial charge in [0.2, 0.25) is 0 Å². The van der Waals surface area contributed by atoms with E-state index in [1.54, 1.807) is 6.07 Å². The average molecular weight is 366 g/mol. The van der Waals surface area contributed by atoms with E-state index in [2.05, 4.69) is 4.72 Å². The number of benzene rings is 2. The van der Waals surface area contributed by atoms with Crippen LogP contribution in [-0.4, -0.2) is 15.5 Å². The van der Waals surface area contributed by atoms with Gasteiger partial charge in [-0.25, -0.2) is 8.42 Å². The highest BCUT2D eigenvalue weighted by molar-refractivity contribution is 7.92. The minimum Gasteiger partial charge on any atom is -0.497 e. The lowest BCUT2D eigenvalue weighted by molar-refractivity contribution is -0.137. The van der Waals surface area contributed by atoms with Crippen LogP contribution in [0.1, 0.15) is 5.56 Å². The van der Waals surface area contributed by atoms with Gasteiger partial charge in [-0.1, -0.05) is 17.7 Å². The van der Waals surface area contributed by atoms with Crippen molar-refractivity contribution in [3.63, 3.8) is 0 Å². The van der Waals surface area contributed by atoms with E-state index in [0.717, 1.165) is 12.1 Å². The first-order valence-electron chi connectivity index (χ1n) is 6.17. The number of anilines is 1. The normalized spacial score (nSPS) is 12.0. The van der Waals surface area contributed by atoms with Crippen LogP contribution in [0.5, 0.6) is 5.75 Å². The summed E-state index contributed by atoms with van der Waals surface area (Å²) in [4.78, 5) is -0.139. The Labute approximate surface area is 135 Å². The van der Waals surface area contributed by atoms with Gasteiger partial charge >= 0.3 is 6.18 Å². The fourth-order valence-electron chi connectivity index (χ4n) is 1.79. The third kappa shape index (κ3) is 4.08. The van der Waals surface area contributed by atoms with Crippen LogP contribution in [0.3, 0.4) is 0 Å². The Morgan fingerprint density at radius 2 is 1.83 bits per heavy atom. The van der Waals surface area contributed by atoms with Crippen molar-refractivity contribution < 1.29 is 26.3 Å². The molecule has 0 aromatic heterocycles. The zero-order chi connectivity index (χ0) is 17.3. The standard InChI is InChI=1S/C14H11ClF3NO3S/c1-22-10-3-2-4-11(8-10)23(20,21)19-9-5-6-13(15)12(7-9)14(16,17)18/h2-8,19H,1H3. The number of rotatable bonds is 4. The highest BCUT2D eigenvalue weighted by Gasteiger charge is 2.33. The van der Waals surface area contributed by atoms with Gasteiger partial charge in [-0.15, -0.1) is 0 Å². The molecular weight excluding hydrogens is 355 g/mol. The van der Waals surface area contributed by atoms with Crippen LogP contribution in [0.4, 0.5) is 18.9 Å². The molecule has 0 radical (unpaired) electrons. The maximum absolute atomic E-state index is 12.8. The highest BCUT2D eigenvalue weighted by Crippen LogP contribution is 2.36. The summed E-state index contributed by atoms with van der Waals surface area (Å²) in [5.41, 5.74) is -1.37. The van der Waals surface area contributed by atoms with Crippen molar-refractivity contribution in [2.45, 2.75) is 11.1 Å². The maximum Gasteiger partial charge on any atom is 0.417 e. The number of sulfonamides is 1. The van der Waals surface area contributed by atoms with Crippen molar-refractivity contribution in [3.05, 3.63) is 53.1 Å². The van der Waals surface area contributed by atoms with Crippen molar-refractivity contribution >= 4 is 27.3 Å². The molecule has 0 saturated carbocycles. The van der Waals surface area contributed by atoms with Gasteiger partial charge in [0, 0.05) is 11.8 Å². The summed E-state index contributed by atoms with van der Waals surface area (Å²) in [5, 5.41) is -0.512. The van der Waals surface area contributed by atoms with Gasteiger partial charge in [0.1, 0.15) is 5.75 Å². The summed E-state index contributed by atoms with van der Waals surface area (Å²) in [6.45, 7) is 0. The highest BCUT2D eigenvalue weighted by atomic mass is 35.5. The summed E-state index contributed by atoms with van der Waals surface area (Å²) in [6.07, 6.45) is -4.69. The lowest BCUT2D eigenvalue weighted by Crippen LogP contribution is -2.14. The quantitative estimate of drug-likeness (QED) is 0.884. The van der Waals surface area contributed by atoms with Crippen molar-refractivity contribution in [2.24, 2.45) is 0 Å². The van der Waals surface area contributed by atoms with E-state index in [1.165, 1.54) is 25.3 Å². The molecule has 0 aliphatic rings. The number of alkyl halides is 3. The van der Waals surface area contributed by atoms with E-state index in [1.807, 2.05) is 0 Å². The van der Waals surface area contributed by atoms with Crippen LogP contribution in [-0.2, 0) is 16.2 Å². The molecule has 1 N–H and O–H groups in total. The maximum atomic E-state index is 12.8. The van der Waals surface area contributed by atoms with Crippen molar-refractivity contribution in [3.8, 4) is 5.75 Å². The molecule has 0 amide bonds. The van der Waals surface area contributed by atoms with Crippen LogP contribution in [0, 0.1) is 0 Å². The summed E-state index contributed by atoms with van der Waals surface area (Å²) in [5.74, 6) is 0.306. The van der Waals surface area contributed by atoms with Gasteiger partial charge in [-0.3, -0.25) is 4.72 Å². The number of hydrogen-bond acceptors (Lipinski definition) is 3. The summed E-state index contributed by atoms with van der Waals surface area (Å²) in [7, 11) is -2.69. The van der Waals surface area contributed by atoms with Crippen LogP contribution in [0.2, 0.25) is 5.02 Å². The minimum atomic E-state index is -4.69. The Bertz CT molecular complexity index is 822. The fourth-order valence-corrected chi connectivity index (χ4v) is 3.10. The fraction of sp³-hybridized carbons (Fsp3) is 0.143. The van der Waals surface area contributed by atoms with E-state index in [9.17, 15) is 21.6 Å². The van der Waals surface area contributed by atoms with E-state index < -0.39 is 26.8 Å². The smallest absolute Gasteiger partial charge is 0.417 e. The van der Waals surface area contributed by atoms with E-state index in [0.29, 0.717) is 11.8 Å². The second-order valence-electron chi connectivity index (χ2n) is 4.48.